The molecular weight excluding hydrogens is 398 g/mol. The van der Waals surface area contributed by atoms with Gasteiger partial charge in [-0.1, -0.05) is 31.9 Å². The van der Waals surface area contributed by atoms with Crippen LogP contribution in [0.25, 0.3) is 0 Å². The van der Waals surface area contributed by atoms with Crippen LogP contribution in [0.4, 0.5) is 0 Å². The van der Waals surface area contributed by atoms with Gasteiger partial charge in [-0.2, -0.15) is 8.42 Å². The highest BCUT2D eigenvalue weighted by Crippen LogP contribution is 2.31. The number of amidine groups is 1. The van der Waals surface area contributed by atoms with Gasteiger partial charge in [0.1, 0.15) is 10.9 Å². The molecule has 3 rings (SSSR count). The van der Waals surface area contributed by atoms with E-state index >= 15 is 0 Å². The number of thiocarbonyl (C=S) groups is 1. The standard InChI is InChI=1S/C18H25N5O3S2/c1-2-3-6-11-19-18(27)21-20-17(24)14-9-7-12-23(14)16-13-8-4-5-10-15(13)28(25,26)22-16/h4-5,8,10,14H,2-3,6-7,9,11-12H2,1H3,(H,20,24)(H2,19,21,27)/t14-/m0/s1. The highest BCUT2D eigenvalue weighted by molar-refractivity contribution is 7.90. The molecule has 0 saturated carbocycles. The molecule has 0 aliphatic carbocycles. The molecule has 1 atom stereocenters. The molecule has 1 fully saturated rings. The smallest absolute Gasteiger partial charge is 0.285 e. The molecule has 0 radical (unpaired) electrons. The third-order valence-electron chi connectivity index (χ3n) is 4.81. The van der Waals surface area contributed by atoms with E-state index in [1.807, 2.05) is 0 Å². The summed E-state index contributed by atoms with van der Waals surface area (Å²) in [5.74, 6) is 0.0770. The molecule has 8 nitrogen and oxygen atoms in total. The number of nitrogens with one attached hydrogen (secondary N) is 3. The first kappa shape index (κ1) is 20.5. The Balaban J connectivity index is 1.62. The molecule has 0 spiro atoms. The summed E-state index contributed by atoms with van der Waals surface area (Å²) in [4.78, 5) is 14.6. The van der Waals surface area contributed by atoms with Crippen molar-refractivity contribution in [3.05, 3.63) is 29.8 Å². The summed E-state index contributed by atoms with van der Waals surface area (Å²) in [5.41, 5.74) is 5.89. The molecule has 0 aromatic heterocycles. The highest BCUT2D eigenvalue weighted by Gasteiger charge is 2.39. The van der Waals surface area contributed by atoms with E-state index in [2.05, 4.69) is 27.5 Å². The zero-order valence-electron chi connectivity index (χ0n) is 15.8. The maximum Gasteiger partial charge on any atom is 0.285 e. The van der Waals surface area contributed by atoms with E-state index < -0.39 is 16.1 Å². The van der Waals surface area contributed by atoms with Crippen molar-refractivity contribution in [3.8, 4) is 0 Å². The molecule has 2 aliphatic rings. The Kier molecular flexibility index (Phi) is 6.50. The van der Waals surface area contributed by atoms with Crippen LogP contribution < -0.4 is 16.2 Å². The first-order valence-electron chi connectivity index (χ1n) is 9.48. The number of benzene rings is 1. The monoisotopic (exact) mass is 423 g/mol. The summed E-state index contributed by atoms with van der Waals surface area (Å²) < 4.78 is 28.5. The lowest BCUT2D eigenvalue weighted by atomic mass is 10.1. The average Bonchev–Trinajstić information content (AvgIpc) is 3.26. The second-order valence-electron chi connectivity index (χ2n) is 6.81. The number of fused-ring (bicyclic) bond motifs is 1. The fourth-order valence-electron chi connectivity index (χ4n) is 3.41. The maximum atomic E-state index is 12.7. The Labute approximate surface area is 170 Å². The maximum absolute atomic E-state index is 12.7. The number of sulfonamides is 1. The number of unbranched alkanes of at least 4 members (excludes halogenated alkanes) is 2. The van der Waals surface area contributed by atoms with Gasteiger partial charge < -0.3 is 10.2 Å². The van der Waals surface area contributed by atoms with Crippen molar-refractivity contribution in [1.82, 2.24) is 21.1 Å². The number of hydrogen-bond donors (Lipinski definition) is 3. The molecule has 3 N–H and O–H groups in total. The van der Waals surface area contributed by atoms with Crippen molar-refractivity contribution >= 4 is 39.1 Å². The van der Waals surface area contributed by atoms with Gasteiger partial charge in [0, 0.05) is 18.7 Å². The summed E-state index contributed by atoms with van der Waals surface area (Å²) in [6.45, 7) is 3.44. The Morgan fingerprint density at radius 1 is 1.29 bits per heavy atom. The van der Waals surface area contributed by atoms with Crippen LogP contribution in [0.5, 0.6) is 0 Å². The van der Waals surface area contributed by atoms with Crippen LogP contribution in [0.2, 0.25) is 0 Å². The van der Waals surface area contributed by atoms with E-state index in [0.717, 1.165) is 32.2 Å². The first-order valence-corrected chi connectivity index (χ1v) is 11.3. The number of amides is 1. The fraction of sp³-hybridized carbons (Fsp3) is 0.500. The van der Waals surface area contributed by atoms with Crippen LogP contribution in [-0.4, -0.2) is 49.3 Å². The van der Waals surface area contributed by atoms with Gasteiger partial charge in [-0.15, -0.1) is 4.40 Å². The minimum atomic E-state index is -3.71. The topological polar surface area (TPSA) is 103 Å². The fourth-order valence-corrected chi connectivity index (χ4v) is 4.78. The lowest BCUT2D eigenvalue weighted by Crippen LogP contribution is -2.53. The average molecular weight is 424 g/mol. The predicted octanol–water partition coefficient (Wildman–Crippen LogP) is 1.29. The Morgan fingerprint density at radius 2 is 2.07 bits per heavy atom. The molecular formula is C18H25N5O3S2. The number of rotatable bonds is 5. The second kappa shape index (κ2) is 8.87. The van der Waals surface area contributed by atoms with Crippen molar-refractivity contribution in [2.24, 2.45) is 4.40 Å². The van der Waals surface area contributed by atoms with Crippen molar-refractivity contribution in [2.45, 2.75) is 50.0 Å². The van der Waals surface area contributed by atoms with Gasteiger partial charge >= 0.3 is 0 Å². The molecule has 2 aliphatic heterocycles. The van der Waals surface area contributed by atoms with Gasteiger partial charge in [0.2, 0.25) is 0 Å². The van der Waals surface area contributed by atoms with Gasteiger partial charge in [0.15, 0.2) is 10.9 Å². The molecule has 0 unspecified atom stereocenters. The van der Waals surface area contributed by atoms with E-state index in [1.54, 1.807) is 23.1 Å². The van der Waals surface area contributed by atoms with Crippen molar-refractivity contribution < 1.29 is 13.2 Å². The summed E-state index contributed by atoms with van der Waals surface area (Å²) in [7, 11) is -3.71. The third-order valence-corrected chi connectivity index (χ3v) is 6.38. The van der Waals surface area contributed by atoms with Gasteiger partial charge in [-0.25, -0.2) is 0 Å². The molecule has 28 heavy (non-hydrogen) atoms. The van der Waals surface area contributed by atoms with Gasteiger partial charge in [-0.3, -0.25) is 15.6 Å². The minimum absolute atomic E-state index is 0.187. The van der Waals surface area contributed by atoms with Crippen LogP contribution in [0.3, 0.4) is 0 Å². The first-order chi connectivity index (χ1) is 13.4. The molecule has 0 bridgehead atoms. The normalized spacial score (nSPS) is 19.7. The van der Waals surface area contributed by atoms with E-state index in [-0.39, 0.29) is 10.8 Å². The number of hydrazine groups is 1. The van der Waals surface area contributed by atoms with Crippen molar-refractivity contribution in [2.75, 3.05) is 13.1 Å². The summed E-state index contributed by atoms with van der Waals surface area (Å²) in [6, 6.07) is 6.19. The van der Waals surface area contributed by atoms with E-state index in [4.69, 9.17) is 12.2 Å². The largest absolute Gasteiger partial charge is 0.361 e. The summed E-state index contributed by atoms with van der Waals surface area (Å²) >= 11 is 5.16. The molecule has 10 heteroatoms. The molecule has 152 valence electrons. The highest BCUT2D eigenvalue weighted by atomic mass is 32.2. The molecule has 1 aromatic carbocycles. The zero-order valence-corrected chi connectivity index (χ0v) is 17.4. The number of carbonyl (C=O) groups is 1. The zero-order chi connectivity index (χ0) is 20.1. The van der Waals surface area contributed by atoms with Crippen LogP contribution in [-0.2, 0) is 14.8 Å². The molecule has 2 heterocycles. The summed E-state index contributed by atoms with van der Waals surface area (Å²) in [5, 5.41) is 3.40. The van der Waals surface area contributed by atoms with Crippen molar-refractivity contribution in [1.29, 1.82) is 0 Å². The van der Waals surface area contributed by atoms with Gasteiger partial charge in [0.25, 0.3) is 15.9 Å². The van der Waals surface area contributed by atoms with Crippen LogP contribution in [0, 0.1) is 0 Å². The number of nitrogens with zero attached hydrogens (tertiary/aromatic N) is 2. The lowest BCUT2D eigenvalue weighted by Gasteiger charge is -2.25. The van der Waals surface area contributed by atoms with Crippen molar-refractivity contribution in [3.63, 3.8) is 0 Å². The van der Waals surface area contributed by atoms with Gasteiger partial charge in [-0.05, 0) is 43.6 Å². The number of hydrogen-bond acceptors (Lipinski definition) is 5. The molecule has 1 amide bonds. The second-order valence-corrected chi connectivity index (χ2v) is 8.80. The number of carbonyl (C=O) groups excluding carboxylic acids is 1. The minimum Gasteiger partial charge on any atom is -0.361 e. The SMILES string of the molecule is CCCCCNC(=S)NNC(=O)[C@@H]1CCCN1C1=NS(=O)(=O)c2ccccc21. The van der Waals surface area contributed by atoms with E-state index in [0.29, 0.717) is 29.5 Å². The molecule has 1 saturated heterocycles. The molecule has 1 aromatic rings. The van der Waals surface area contributed by atoms with Crippen LogP contribution in [0.1, 0.15) is 44.6 Å². The Morgan fingerprint density at radius 3 is 2.86 bits per heavy atom. The Bertz CT molecular complexity index is 885. The van der Waals surface area contributed by atoms with E-state index in [1.165, 1.54) is 6.07 Å². The summed E-state index contributed by atoms with van der Waals surface area (Å²) in [6.07, 6.45) is 4.64. The van der Waals surface area contributed by atoms with Crippen LogP contribution in [0.15, 0.2) is 33.6 Å². The van der Waals surface area contributed by atoms with Crippen LogP contribution >= 0.6 is 12.2 Å². The Hall–Kier alpha value is -2.20. The lowest BCUT2D eigenvalue weighted by molar-refractivity contribution is -0.124. The predicted molar refractivity (Wildman–Crippen MR) is 111 cm³/mol. The van der Waals surface area contributed by atoms with Gasteiger partial charge in [0.05, 0.1) is 0 Å². The van der Waals surface area contributed by atoms with E-state index in [9.17, 15) is 13.2 Å². The number of likely N-dealkylation sites (tertiary alicyclic amines) is 1. The third kappa shape index (κ3) is 4.44. The quantitative estimate of drug-likeness (QED) is 0.372.